The number of H-pyrrole nitrogens is 1. The zero-order chi connectivity index (χ0) is 14.0. The van der Waals surface area contributed by atoms with Gasteiger partial charge in [-0.2, -0.15) is 0 Å². The molecule has 1 N–H and O–H groups in total. The molecule has 2 aromatic heterocycles. The van der Waals surface area contributed by atoms with E-state index in [2.05, 4.69) is 9.72 Å². The molecule has 0 fully saturated rings. The number of thiophene rings is 1. The van der Waals surface area contributed by atoms with E-state index in [1.54, 1.807) is 6.07 Å². The minimum atomic E-state index is -0.441. The van der Waals surface area contributed by atoms with E-state index in [9.17, 15) is 14.4 Å². The number of nitrogens with one attached hydrogen (secondary N) is 1. The Morgan fingerprint density at radius 3 is 2.89 bits per heavy atom. The monoisotopic (exact) mass is 282 g/mol. The van der Waals surface area contributed by atoms with Crippen molar-refractivity contribution in [1.29, 1.82) is 0 Å². The van der Waals surface area contributed by atoms with E-state index < -0.39 is 5.69 Å². The van der Waals surface area contributed by atoms with Gasteiger partial charge >= 0.3 is 11.7 Å². The first-order valence-electron chi connectivity index (χ1n) is 5.83. The number of methoxy groups -OCH3 is 1. The maximum Gasteiger partial charge on any atom is 0.329 e. The van der Waals surface area contributed by atoms with Crippen LogP contribution in [0.15, 0.2) is 15.7 Å². The lowest BCUT2D eigenvalue weighted by molar-refractivity contribution is -0.140. The van der Waals surface area contributed by atoms with Gasteiger partial charge in [0, 0.05) is 17.8 Å². The van der Waals surface area contributed by atoms with Crippen LogP contribution in [0.5, 0.6) is 0 Å². The number of hydrogen-bond donors (Lipinski definition) is 1. The van der Waals surface area contributed by atoms with Crippen molar-refractivity contribution < 1.29 is 9.53 Å². The Kier molecular flexibility index (Phi) is 3.84. The molecule has 2 aromatic rings. The fraction of sp³-hybridized carbons (Fsp3) is 0.417. The number of hydrogen-bond acceptors (Lipinski definition) is 5. The van der Waals surface area contributed by atoms with Gasteiger partial charge in [0.05, 0.1) is 12.5 Å². The van der Waals surface area contributed by atoms with Crippen molar-refractivity contribution in [2.75, 3.05) is 7.11 Å². The number of esters is 1. The van der Waals surface area contributed by atoms with Crippen LogP contribution in [0, 0.1) is 6.92 Å². The van der Waals surface area contributed by atoms with Gasteiger partial charge in [0.2, 0.25) is 0 Å². The molecule has 102 valence electrons. The maximum absolute atomic E-state index is 12.1. The Morgan fingerprint density at radius 2 is 2.21 bits per heavy atom. The molecule has 0 aromatic carbocycles. The van der Waals surface area contributed by atoms with E-state index in [-0.39, 0.29) is 24.5 Å². The summed E-state index contributed by atoms with van der Waals surface area (Å²) in [5.74, 6) is -0.350. The van der Waals surface area contributed by atoms with E-state index in [0.717, 1.165) is 9.44 Å². The second-order valence-electron chi connectivity index (χ2n) is 4.17. The number of carbonyl (C=O) groups excluding carboxylic acids is 1. The summed E-state index contributed by atoms with van der Waals surface area (Å²) in [6, 6.07) is 1.76. The highest BCUT2D eigenvalue weighted by molar-refractivity contribution is 7.18. The molecular formula is C12H14N2O4S. The number of rotatable bonds is 4. The molecule has 0 saturated carbocycles. The number of aromatic nitrogens is 2. The molecule has 0 bridgehead atoms. The number of aryl methyl sites for hydroxylation is 1. The smallest absolute Gasteiger partial charge is 0.329 e. The molecular weight excluding hydrogens is 268 g/mol. The molecule has 0 amide bonds. The lowest BCUT2D eigenvalue weighted by Crippen LogP contribution is -2.34. The Labute approximate surface area is 112 Å². The SMILES string of the molecule is COC(=O)CCCn1c(=O)[nH]c2sc(C)cc2c1=O. The first-order valence-corrected chi connectivity index (χ1v) is 6.64. The molecule has 0 unspecified atom stereocenters. The van der Waals surface area contributed by atoms with Crippen LogP contribution in [0.4, 0.5) is 0 Å². The predicted octanol–water partition coefficient (Wildman–Crippen LogP) is 1.01. The highest BCUT2D eigenvalue weighted by Crippen LogP contribution is 2.18. The van der Waals surface area contributed by atoms with Crippen LogP contribution in [0.2, 0.25) is 0 Å². The molecule has 0 aliphatic carbocycles. The van der Waals surface area contributed by atoms with Crippen LogP contribution >= 0.6 is 11.3 Å². The van der Waals surface area contributed by atoms with Crippen molar-refractivity contribution in [2.24, 2.45) is 0 Å². The molecule has 6 nitrogen and oxygen atoms in total. The fourth-order valence-corrected chi connectivity index (χ4v) is 2.75. The fourth-order valence-electron chi connectivity index (χ4n) is 1.85. The highest BCUT2D eigenvalue weighted by Gasteiger charge is 2.10. The number of aromatic amines is 1. The first-order chi connectivity index (χ1) is 9.02. The highest BCUT2D eigenvalue weighted by atomic mass is 32.1. The standard InChI is InChI=1S/C12H14N2O4S/c1-7-6-8-10(19-7)13-12(17)14(11(8)16)5-3-4-9(15)18-2/h6H,3-5H2,1-2H3,(H,13,17). The van der Waals surface area contributed by atoms with Crippen molar-refractivity contribution in [1.82, 2.24) is 9.55 Å². The van der Waals surface area contributed by atoms with Gasteiger partial charge in [0.1, 0.15) is 4.83 Å². The zero-order valence-electron chi connectivity index (χ0n) is 10.7. The van der Waals surface area contributed by atoms with Crippen LogP contribution in [-0.4, -0.2) is 22.6 Å². The number of nitrogens with zero attached hydrogens (tertiary/aromatic N) is 1. The number of carbonyl (C=O) groups is 1. The predicted molar refractivity (Wildman–Crippen MR) is 72.7 cm³/mol. The largest absolute Gasteiger partial charge is 0.469 e. The lowest BCUT2D eigenvalue weighted by atomic mass is 10.3. The Hall–Kier alpha value is -1.89. The van der Waals surface area contributed by atoms with Crippen molar-refractivity contribution >= 4 is 27.5 Å². The normalized spacial score (nSPS) is 10.8. The summed E-state index contributed by atoms with van der Waals surface area (Å²) in [7, 11) is 1.31. The van der Waals surface area contributed by atoms with Gasteiger partial charge in [-0.15, -0.1) is 11.3 Å². The molecule has 0 atom stereocenters. The van der Waals surface area contributed by atoms with Crippen molar-refractivity contribution in [3.63, 3.8) is 0 Å². The third kappa shape index (κ3) is 2.76. The van der Waals surface area contributed by atoms with Crippen molar-refractivity contribution in [2.45, 2.75) is 26.3 Å². The molecule has 0 aliphatic heterocycles. The van der Waals surface area contributed by atoms with Gasteiger partial charge in [-0.1, -0.05) is 0 Å². The minimum absolute atomic E-state index is 0.184. The molecule has 0 aliphatic rings. The van der Waals surface area contributed by atoms with Gasteiger partial charge in [0.15, 0.2) is 0 Å². The lowest BCUT2D eigenvalue weighted by Gasteiger charge is -2.03. The molecule has 19 heavy (non-hydrogen) atoms. The quantitative estimate of drug-likeness (QED) is 0.849. The van der Waals surface area contributed by atoms with E-state index in [1.807, 2.05) is 6.92 Å². The topological polar surface area (TPSA) is 81.2 Å². The number of ether oxygens (including phenoxy) is 1. The van der Waals surface area contributed by atoms with E-state index >= 15 is 0 Å². The van der Waals surface area contributed by atoms with Crippen LogP contribution in [0.1, 0.15) is 17.7 Å². The second-order valence-corrected chi connectivity index (χ2v) is 5.42. The van der Waals surface area contributed by atoms with Crippen LogP contribution < -0.4 is 11.2 Å². The zero-order valence-corrected chi connectivity index (χ0v) is 11.5. The summed E-state index contributed by atoms with van der Waals surface area (Å²) in [4.78, 5) is 39.2. The summed E-state index contributed by atoms with van der Waals surface area (Å²) in [6.07, 6.45) is 0.577. The molecule has 7 heteroatoms. The maximum atomic E-state index is 12.1. The van der Waals surface area contributed by atoms with Gasteiger partial charge in [-0.25, -0.2) is 4.79 Å². The molecule has 0 saturated heterocycles. The molecule has 0 spiro atoms. The van der Waals surface area contributed by atoms with Gasteiger partial charge < -0.3 is 4.74 Å². The summed E-state index contributed by atoms with van der Waals surface area (Å²) >= 11 is 1.38. The molecule has 2 rings (SSSR count). The van der Waals surface area contributed by atoms with Crippen molar-refractivity contribution in [3.05, 3.63) is 31.8 Å². The number of fused-ring (bicyclic) bond motifs is 1. The van der Waals surface area contributed by atoms with Crippen molar-refractivity contribution in [3.8, 4) is 0 Å². The third-order valence-electron chi connectivity index (χ3n) is 2.79. The average Bonchev–Trinajstić information content (AvgIpc) is 2.73. The summed E-state index contributed by atoms with van der Waals surface area (Å²) in [6.45, 7) is 2.08. The van der Waals surface area contributed by atoms with Crippen LogP contribution in [0.3, 0.4) is 0 Å². The summed E-state index contributed by atoms with van der Waals surface area (Å²) in [5, 5.41) is 0.514. The van der Waals surface area contributed by atoms with E-state index in [4.69, 9.17) is 0 Å². The first kappa shape index (κ1) is 13.5. The van der Waals surface area contributed by atoms with Crippen LogP contribution in [-0.2, 0) is 16.1 Å². The van der Waals surface area contributed by atoms with Gasteiger partial charge in [0.25, 0.3) is 5.56 Å². The summed E-state index contributed by atoms with van der Waals surface area (Å²) in [5.41, 5.74) is -0.753. The van der Waals surface area contributed by atoms with Crippen LogP contribution in [0.25, 0.3) is 10.2 Å². The Balaban J connectivity index is 2.30. The minimum Gasteiger partial charge on any atom is -0.469 e. The third-order valence-corrected chi connectivity index (χ3v) is 3.75. The summed E-state index contributed by atoms with van der Waals surface area (Å²) < 4.78 is 5.63. The molecule has 2 heterocycles. The molecule has 0 radical (unpaired) electrons. The average molecular weight is 282 g/mol. The van der Waals surface area contributed by atoms with Gasteiger partial charge in [-0.05, 0) is 19.4 Å². The van der Waals surface area contributed by atoms with E-state index in [1.165, 1.54) is 18.4 Å². The Morgan fingerprint density at radius 1 is 1.47 bits per heavy atom. The Bertz CT molecular complexity index is 725. The van der Waals surface area contributed by atoms with E-state index in [0.29, 0.717) is 16.6 Å². The van der Waals surface area contributed by atoms with Gasteiger partial charge in [-0.3, -0.25) is 19.1 Å². The second kappa shape index (κ2) is 5.40.